The fourth-order valence-electron chi connectivity index (χ4n) is 4.22. The van der Waals surface area contributed by atoms with Crippen molar-refractivity contribution in [3.63, 3.8) is 0 Å². The third-order valence-electron chi connectivity index (χ3n) is 6.11. The Balaban J connectivity index is 0.000000185. The Morgan fingerprint density at radius 3 is 2.50 bits per heavy atom. The van der Waals surface area contributed by atoms with Gasteiger partial charge in [0.05, 0.1) is 16.8 Å². The lowest BCUT2D eigenvalue weighted by atomic mass is 10.0. The molecule has 3 aromatic carbocycles. The smallest absolute Gasteiger partial charge is 0.323 e. The van der Waals surface area contributed by atoms with E-state index in [1.807, 2.05) is 66.4 Å². The fraction of sp³-hybridized carbons (Fsp3) is 0.167. The highest BCUT2D eigenvalue weighted by Gasteiger charge is 2.17. The van der Waals surface area contributed by atoms with Gasteiger partial charge >= 0.3 is 5.97 Å². The van der Waals surface area contributed by atoms with Crippen molar-refractivity contribution in [3.05, 3.63) is 107 Å². The second kappa shape index (κ2) is 12.0. The number of fused-ring (bicyclic) bond motifs is 3. The molecule has 0 bridgehead atoms. The van der Waals surface area contributed by atoms with Gasteiger partial charge in [0.25, 0.3) is 0 Å². The lowest BCUT2D eigenvalue weighted by Crippen LogP contribution is -2.34. The molecule has 0 aliphatic rings. The minimum Gasteiger partial charge on any atom is -0.507 e. The maximum atomic E-state index is 11.9. The number of aromatic hydroxyl groups is 1. The number of rotatable bonds is 7. The topological polar surface area (TPSA) is 117 Å². The van der Waals surface area contributed by atoms with Gasteiger partial charge in [-0.1, -0.05) is 54.6 Å². The summed E-state index contributed by atoms with van der Waals surface area (Å²) in [5.74, 6) is -0.608. The second-order valence-electron chi connectivity index (χ2n) is 8.70. The molecule has 5 aromatic rings. The Morgan fingerprint density at radius 2 is 1.76 bits per heavy atom. The van der Waals surface area contributed by atoms with E-state index in [1.165, 1.54) is 22.9 Å². The zero-order chi connectivity index (χ0) is 27.1. The number of hydrogen-bond donors (Lipinski definition) is 2. The van der Waals surface area contributed by atoms with Gasteiger partial charge in [-0.3, -0.25) is 14.6 Å². The van der Waals surface area contributed by atoms with E-state index >= 15 is 0 Å². The molecule has 2 heterocycles. The quantitative estimate of drug-likeness (QED) is 0.246. The van der Waals surface area contributed by atoms with Crippen LogP contribution in [-0.2, 0) is 22.6 Å². The number of nitrogens with zero attached hydrogens (tertiary/aromatic N) is 2. The molecule has 1 atom stereocenters. The number of carbonyl (C=O) groups is 2. The van der Waals surface area contributed by atoms with Crippen LogP contribution in [0.15, 0.2) is 85.1 Å². The standard InChI is InChI=1S/C17H17NO4.C13H12N2O/c18-15(9-13-6-7-16(20)14(8-13)10-19)17(21)22-11-12-4-2-1-3-5-12;1-9-13-11(7-8-14-9)10-5-3-4-6-12(10)15(13)16-2/h1-8,10,15,20H,9,11,18H2;3-8H,1-2H3. The number of nitrogens with two attached hydrogens (primary N) is 1. The zero-order valence-electron chi connectivity index (χ0n) is 21.2. The Morgan fingerprint density at radius 1 is 1.03 bits per heavy atom. The highest BCUT2D eigenvalue weighted by atomic mass is 16.6. The molecular formula is C30H29N3O5. The largest absolute Gasteiger partial charge is 0.507 e. The van der Waals surface area contributed by atoms with Gasteiger partial charge in [0.1, 0.15) is 31.0 Å². The first-order valence-corrected chi connectivity index (χ1v) is 12.1. The highest BCUT2D eigenvalue weighted by molar-refractivity contribution is 6.08. The summed E-state index contributed by atoms with van der Waals surface area (Å²) in [4.78, 5) is 32.4. The summed E-state index contributed by atoms with van der Waals surface area (Å²) in [6, 6.07) is 23.3. The molecule has 0 saturated carbocycles. The van der Waals surface area contributed by atoms with Crippen molar-refractivity contribution >= 4 is 34.1 Å². The third-order valence-corrected chi connectivity index (χ3v) is 6.11. The third kappa shape index (κ3) is 5.82. The number of aromatic nitrogens is 2. The molecule has 1 unspecified atom stereocenters. The molecule has 8 nitrogen and oxygen atoms in total. The molecule has 38 heavy (non-hydrogen) atoms. The van der Waals surface area contributed by atoms with Crippen molar-refractivity contribution in [3.8, 4) is 5.75 Å². The number of esters is 1. The minimum atomic E-state index is -0.826. The SMILES string of the molecule is COn1c2ccccc2c2ccnc(C)c21.NC(Cc1ccc(O)c(C=O)c1)C(=O)OCc1ccccc1. The van der Waals surface area contributed by atoms with Crippen LogP contribution in [0.1, 0.15) is 27.2 Å². The monoisotopic (exact) mass is 511 g/mol. The van der Waals surface area contributed by atoms with E-state index in [2.05, 4.69) is 17.1 Å². The fourth-order valence-corrected chi connectivity index (χ4v) is 4.22. The Kier molecular flexibility index (Phi) is 8.35. The van der Waals surface area contributed by atoms with Crippen LogP contribution in [0.5, 0.6) is 5.75 Å². The van der Waals surface area contributed by atoms with Crippen molar-refractivity contribution in [1.82, 2.24) is 9.71 Å². The van der Waals surface area contributed by atoms with Gasteiger partial charge in [0.15, 0.2) is 6.29 Å². The van der Waals surface area contributed by atoms with Gasteiger partial charge < -0.3 is 20.4 Å². The first kappa shape index (κ1) is 26.4. The Hall–Kier alpha value is -4.69. The van der Waals surface area contributed by atoms with Crippen molar-refractivity contribution in [2.75, 3.05) is 7.11 Å². The second-order valence-corrected chi connectivity index (χ2v) is 8.70. The van der Waals surface area contributed by atoms with Crippen LogP contribution in [-0.4, -0.2) is 40.2 Å². The van der Waals surface area contributed by atoms with Crippen molar-refractivity contribution in [1.29, 1.82) is 0 Å². The maximum Gasteiger partial charge on any atom is 0.323 e. The molecule has 2 aromatic heterocycles. The molecular weight excluding hydrogens is 482 g/mol. The number of ether oxygens (including phenoxy) is 1. The molecule has 0 spiro atoms. The van der Waals surface area contributed by atoms with Crippen LogP contribution in [0.3, 0.4) is 0 Å². The van der Waals surface area contributed by atoms with Gasteiger partial charge in [-0.2, -0.15) is 4.73 Å². The molecule has 3 N–H and O–H groups in total. The number of hydrogen-bond acceptors (Lipinski definition) is 7. The van der Waals surface area contributed by atoms with Crippen LogP contribution in [0.2, 0.25) is 0 Å². The van der Waals surface area contributed by atoms with Crippen molar-refractivity contribution in [2.24, 2.45) is 5.73 Å². The number of aldehydes is 1. The summed E-state index contributed by atoms with van der Waals surface area (Å²) in [6.45, 7) is 2.17. The van der Waals surface area contributed by atoms with E-state index in [0.717, 1.165) is 22.3 Å². The van der Waals surface area contributed by atoms with Gasteiger partial charge in [0.2, 0.25) is 0 Å². The summed E-state index contributed by atoms with van der Waals surface area (Å²) in [5.41, 5.74) is 10.7. The Labute approximate surface area is 220 Å². The Bertz CT molecular complexity index is 1560. The number of pyridine rings is 1. The summed E-state index contributed by atoms with van der Waals surface area (Å²) in [6.07, 6.45) is 2.62. The number of phenolic OH excluding ortho intramolecular Hbond substituents is 1. The first-order chi connectivity index (χ1) is 18.4. The number of carbonyl (C=O) groups excluding carboxylic acids is 2. The van der Waals surface area contributed by atoms with Gasteiger partial charge in [-0.15, -0.1) is 0 Å². The molecule has 0 amide bonds. The van der Waals surface area contributed by atoms with Crippen LogP contribution in [0, 0.1) is 6.92 Å². The normalized spacial score (nSPS) is 11.4. The summed E-state index contributed by atoms with van der Waals surface area (Å²) in [5, 5.41) is 11.8. The van der Waals surface area contributed by atoms with E-state index in [9.17, 15) is 14.7 Å². The van der Waals surface area contributed by atoms with Crippen LogP contribution in [0.25, 0.3) is 21.8 Å². The van der Waals surface area contributed by atoms with Crippen LogP contribution in [0.4, 0.5) is 0 Å². The molecule has 194 valence electrons. The molecule has 8 heteroatoms. The average molecular weight is 512 g/mol. The van der Waals surface area contributed by atoms with E-state index < -0.39 is 12.0 Å². The number of phenols is 1. The van der Waals surface area contributed by atoms with E-state index in [0.29, 0.717) is 11.8 Å². The van der Waals surface area contributed by atoms with E-state index in [4.69, 9.17) is 15.3 Å². The summed E-state index contributed by atoms with van der Waals surface area (Å²) >= 11 is 0. The summed E-state index contributed by atoms with van der Waals surface area (Å²) in [7, 11) is 1.68. The van der Waals surface area contributed by atoms with Gasteiger partial charge in [-0.25, -0.2) is 0 Å². The van der Waals surface area contributed by atoms with E-state index in [1.54, 1.807) is 13.2 Å². The molecule has 0 aliphatic heterocycles. The average Bonchev–Trinajstić information content (AvgIpc) is 3.28. The van der Waals surface area contributed by atoms with Crippen molar-refractivity contribution < 1.29 is 24.3 Å². The minimum absolute atomic E-state index is 0.0982. The van der Waals surface area contributed by atoms with Gasteiger partial charge in [0, 0.05) is 17.0 Å². The molecule has 0 aliphatic carbocycles. The maximum absolute atomic E-state index is 11.9. The van der Waals surface area contributed by atoms with Gasteiger partial charge in [-0.05, 0) is 48.7 Å². The van der Waals surface area contributed by atoms with Crippen LogP contribution >= 0.6 is 0 Å². The molecule has 0 fully saturated rings. The number of benzene rings is 3. The molecule has 0 radical (unpaired) electrons. The predicted octanol–water partition coefficient (Wildman–Crippen LogP) is 4.37. The lowest BCUT2D eigenvalue weighted by Gasteiger charge is -2.12. The highest BCUT2D eigenvalue weighted by Crippen LogP contribution is 2.28. The summed E-state index contributed by atoms with van der Waals surface area (Å²) < 4.78 is 7.00. The predicted molar refractivity (Wildman–Crippen MR) is 146 cm³/mol. The molecule has 0 saturated heterocycles. The number of aryl methyl sites for hydroxylation is 1. The molecule has 5 rings (SSSR count). The lowest BCUT2D eigenvalue weighted by molar-refractivity contribution is -0.146. The van der Waals surface area contributed by atoms with Crippen LogP contribution < -0.4 is 10.6 Å². The zero-order valence-corrected chi connectivity index (χ0v) is 21.2. The first-order valence-electron chi connectivity index (χ1n) is 12.1. The van der Waals surface area contributed by atoms with E-state index in [-0.39, 0.29) is 24.3 Å². The number of para-hydroxylation sites is 1. The van der Waals surface area contributed by atoms with Crippen molar-refractivity contribution in [2.45, 2.75) is 26.0 Å².